The van der Waals surface area contributed by atoms with Gasteiger partial charge in [0, 0.05) is 28.7 Å². The van der Waals surface area contributed by atoms with Gasteiger partial charge < -0.3 is 9.47 Å². The molecule has 2 aromatic carbocycles. The van der Waals surface area contributed by atoms with E-state index in [0.717, 1.165) is 10.5 Å². The number of thioether (sulfide) groups is 1. The molecule has 0 heterocycles. The summed E-state index contributed by atoms with van der Waals surface area (Å²) in [6.45, 7) is 1.79. The zero-order valence-corrected chi connectivity index (χ0v) is 15.7. The van der Waals surface area contributed by atoms with Crippen molar-refractivity contribution >= 4 is 23.4 Å². The summed E-state index contributed by atoms with van der Waals surface area (Å²) in [7, 11) is 3.15. The lowest BCUT2D eigenvalue weighted by atomic mass is 10.1. The fourth-order valence-electron chi connectivity index (χ4n) is 2.15. The number of hydrazone groups is 1. The van der Waals surface area contributed by atoms with Crippen LogP contribution in [-0.2, 0) is 4.79 Å². The van der Waals surface area contributed by atoms with Gasteiger partial charge in [-0.2, -0.15) is 5.10 Å². The summed E-state index contributed by atoms with van der Waals surface area (Å²) >= 11 is 1.49. The molecule has 1 N–H and O–H groups in total. The van der Waals surface area contributed by atoms with Crippen molar-refractivity contribution in [3.8, 4) is 11.5 Å². The van der Waals surface area contributed by atoms with Gasteiger partial charge in [0.15, 0.2) is 0 Å². The molecule has 1 amide bonds. The number of hydrogen-bond acceptors (Lipinski definition) is 5. The number of methoxy groups -OCH3 is 2. The maximum Gasteiger partial charge on any atom is 0.240 e. The summed E-state index contributed by atoms with van der Waals surface area (Å²) in [5.74, 6) is 1.42. The molecule has 0 aliphatic carbocycles. The smallest absolute Gasteiger partial charge is 0.240 e. The van der Waals surface area contributed by atoms with Gasteiger partial charge in [-0.3, -0.25) is 4.79 Å². The molecule has 0 aliphatic rings. The minimum Gasteiger partial charge on any atom is -0.497 e. The lowest BCUT2D eigenvalue weighted by molar-refractivity contribution is -0.120. The van der Waals surface area contributed by atoms with E-state index in [2.05, 4.69) is 10.5 Å². The van der Waals surface area contributed by atoms with Crippen molar-refractivity contribution in [3.63, 3.8) is 0 Å². The predicted octanol–water partition coefficient (Wildman–Crippen LogP) is 3.87. The maximum atomic E-state index is 12.8. The first-order chi connectivity index (χ1) is 12.5. The topological polar surface area (TPSA) is 59.9 Å². The van der Waals surface area contributed by atoms with Crippen LogP contribution in [0.4, 0.5) is 4.39 Å². The molecule has 0 aromatic heterocycles. The number of nitrogens with zero attached hydrogens (tertiary/aromatic N) is 1. The van der Waals surface area contributed by atoms with E-state index >= 15 is 0 Å². The number of rotatable bonds is 8. The lowest BCUT2D eigenvalue weighted by Gasteiger charge is -2.10. The molecule has 2 rings (SSSR count). The first kappa shape index (κ1) is 19.8. The molecule has 7 heteroatoms. The van der Waals surface area contributed by atoms with Crippen molar-refractivity contribution in [2.24, 2.45) is 5.10 Å². The van der Waals surface area contributed by atoms with Crippen LogP contribution in [0.3, 0.4) is 0 Å². The van der Waals surface area contributed by atoms with E-state index in [0.29, 0.717) is 29.4 Å². The first-order valence-corrected chi connectivity index (χ1v) is 8.96. The number of carbonyl (C=O) groups is 1. The average Bonchev–Trinajstić information content (AvgIpc) is 2.67. The third-order valence-electron chi connectivity index (χ3n) is 3.56. The Bertz CT molecular complexity index is 779. The monoisotopic (exact) mass is 376 g/mol. The van der Waals surface area contributed by atoms with E-state index in [1.54, 1.807) is 45.4 Å². The molecule has 0 saturated heterocycles. The molecule has 0 fully saturated rings. The van der Waals surface area contributed by atoms with Crippen LogP contribution in [0.25, 0.3) is 0 Å². The van der Waals surface area contributed by atoms with E-state index in [1.807, 2.05) is 6.07 Å². The third kappa shape index (κ3) is 5.77. The van der Waals surface area contributed by atoms with Gasteiger partial charge in [-0.25, -0.2) is 9.82 Å². The molecule has 26 heavy (non-hydrogen) atoms. The highest BCUT2D eigenvalue weighted by molar-refractivity contribution is 7.99. The summed E-state index contributed by atoms with van der Waals surface area (Å²) in [5.41, 5.74) is 3.95. The van der Waals surface area contributed by atoms with Crippen molar-refractivity contribution in [1.82, 2.24) is 5.43 Å². The Labute approximate surface area is 156 Å². The molecule has 0 saturated carbocycles. The highest BCUT2D eigenvalue weighted by Crippen LogP contribution is 2.25. The number of amides is 1. The Kier molecular flexibility index (Phi) is 7.47. The molecule has 2 aromatic rings. The van der Waals surface area contributed by atoms with Crippen LogP contribution in [0.5, 0.6) is 11.5 Å². The number of ether oxygens (including phenoxy) is 2. The summed E-state index contributed by atoms with van der Waals surface area (Å²) < 4.78 is 23.3. The van der Waals surface area contributed by atoms with Crippen LogP contribution in [0.2, 0.25) is 0 Å². The van der Waals surface area contributed by atoms with E-state index in [4.69, 9.17) is 9.47 Å². The van der Waals surface area contributed by atoms with Crippen molar-refractivity contribution < 1.29 is 18.7 Å². The highest BCUT2D eigenvalue weighted by Gasteiger charge is 2.09. The van der Waals surface area contributed by atoms with Crippen LogP contribution in [0.1, 0.15) is 18.9 Å². The van der Waals surface area contributed by atoms with Gasteiger partial charge in [0.25, 0.3) is 0 Å². The maximum absolute atomic E-state index is 12.8. The number of nitrogens with one attached hydrogen (secondary N) is 1. The summed E-state index contributed by atoms with van der Waals surface area (Å²) in [6, 6.07) is 11.6. The van der Waals surface area contributed by atoms with Gasteiger partial charge in [0.2, 0.25) is 5.91 Å². The number of hydrogen-bond donors (Lipinski definition) is 1. The van der Waals surface area contributed by atoms with Gasteiger partial charge >= 0.3 is 0 Å². The van der Waals surface area contributed by atoms with Gasteiger partial charge in [0.1, 0.15) is 17.3 Å². The average molecular weight is 376 g/mol. The Morgan fingerprint density at radius 3 is 2.54 bits per heavy atom. The molecule has 0 radical (unpaired) electrons. The Hall–Kier alpha value is -2.54. The minimum atomic E-state index is -0.272. The largest absolute Gasteiger partial charge is 0.497 e. The fourth-order valence-corrected chi connectivity index (χ4v) is 3.00. The normalized spacial score (nSPS) is 11.2. The molecular weight excluding hydrogens is 355 g/mol. The van der Waals surface area contributed by atoms with Crippen LogP contribution in [-0.4, -0.2) is 31.6 Å². The molecule has 0 aliphatic heterocycles. The summed E-state index contributed by atoms with van der Waals surface area (Å²) in [6.07, 6.45) is 0.304. The highest BCUT2D eigenvalue weighted by atomic mass is 32.2. The predicted molar refractivity (Wildman–Crippen MR) is 102 cm³/mol. The Balaban J connectivity index is 1.87. The standard InChI is InChI=1S/C19H21FN2O3S/c1-13(17-9-6-15(24-2)12-18(17)25-3)21-22-19(23)10-11-26-16-7-4-14(20)5-8-16/h4-9,12H,10-11H2,1-3H3,(H,22,23)/b21-13-. The number of carbonyl (C=O) groups excluding carboxylic acids is 1. The van der Waals surface area contributed by atoms with Gasteiger partial charge in [-0.1, -0.05) is 0 Å². The summed E-state index contributed by atoms with van der Waals surface area (Å²) in [4.78, 5) is 12.9. The second kappa shape index (κ2) is 9.82. The quantitative estimate of drug-likeness (QED) is 0.432. The van der Waals surface area contributed by atoms with Crippen molar-refractivity contribution in [3.05, 3.63) is 53.8 Å². The minimum absolute atomic E-state index is 0.188. The van der Waals surface area contributed by atoms with Gasteiger partial charge in [-0.15, -0.1) is 11.8 Å². The van der Waals surface area contributed by atoms with E-state index < -0.39 is 0 Å². The van der Waals surface area contributed by atoms with Crippen LogP contribution >= 0.6 is 11.8 Å². The molecule has 138 valence electrons. The zero-order chi connectivity index (χ0) is 18.9. The van der Waals surface area contributed by atoms with Crippen LogP contribution in [0.15, 0.2) is 52.5 Å². The van der Waals surface area contributed by atoms with Gasteiger partial charge in [0.05, 0.1) is 19.9 Å². The number of benzene rings is 2. The number of halogens is 1. The second-order valence-electron chi connectivity index (χ2n) is 5.35. The Morgan fingerprint density at radius 2 is 1.88 bits per heavy atom. The van der Waals surface area contributed by atoms with E-state index in [1.165, 1.54) is 23.9 Å². The van der Waals surface area contributed by atoms with Crippen molar-refractivity contribution in [2.75, 3.05) is 20.0 Å². The fraction of sp³-hybridized carbons (Fsp3) is 0.263. The molecule has 0 unspecified atom stereocenters. The molecule has 0 atom stereocenters. The molecule has 5 nitrogen and oxygen atoms in total. The molecular formula is C19H21FN2O3S. The van der Waals surface area contributed by atoms with Gasteiger partial charge in [-0.05, 0) is 43.3 Å². The third-order valence-corrected chi connectivity index (χ3v) is 4.57. The van der Waals surface area contributed by atoms with E-state index in [-0.39, 0.29) is 11.7 Å². The first-order valence-electron chi connectivity index (χ1n) is 7.97. The molecule has 0 bridgehead atoms. The SMILES string of the molecule is COc1ccc(/C(C)=N\NC(=O)CCSc2ccc(F)cc2)c(OC)c1. The van der Waals surface area contributed by atoms with Crippen molar-refractivity contribution in [2.45, 2.75) is 18.2 Å². The summed E-state index contributed by atoms with van der Waals surface area (Å²) in [5, 5.41) is 4.13. The lowest BCUT2D eigenvalue weighted by Crippen LogP contribution is -2.19. The van der Waals surface area contributed by atoms with E-state index in [9.17, 15) is 9.18 Å². The zero-order valence-electron chi connectivity index (χ0n) is 14.9. The van der Waals surface area contributed by atoms with Crippen molar-refractivity contribution in [1.29, 1.82) is 0 Å². The Morgan fingerprint density at radius 1 is 1.15 bits per heavy atom. The molecule has 0 spiro atoms. The van der Waals surface area contributed by atoms with Crippen LogP contribution in [0, 0.1) is 5.82 Å². The second-order valence-corrected chi connectivity index (χ2v) is 6.52. The van der Waals surface area contributed by atoms with Crippen LogP contribution < -0.4 is 14.9 Å².